The summed E-state index contributed by atoms with van der Waals surface area (Å²) in [6.07, 6.45) is 9.95. The molecule has 2 fully saturated rings. The molecule has 1 aliphatic heterocycles. The highest BCUT2D eigenvalue weighted by atomic mass is 16.5. The van der Waals surface area contributed by atoms with E-state index in [4.69, 9.17) is 4.74 Å². The van der Waals surface area contributed by atoms with Gasteiger partial charge in [-0.3, -0.25) is 0 Å². The third kappa shape index (κ3) is 3.58. The van der Waals surface area contributed by atoms with Crippen molar-refractivity contribution < 1.29 is 9.84 Å². The van der Waals surface area contributed by atoms with Crippen LogP contribution >= 0.6 is 0 Å². The first kappa shape index (κ1) is 10.4. The molecule has 0 aromatic rings. The van der Waals surface area contributed by atoms with E-state index in [9.17, 15) is 5.11 Å². The molecule has 1 saturated heterocycles. The molecular formula is C12H22O2. The Kier molecular flexibility index (Phi) is 3.82. The Labute approximate surface area is 86.6 Å². The second-order valence-corrected chi connectivity index (χ2v) is 4.90. The van der Waals surface area contributed by atoms with Crippen LogP contribution in [0, 0.1) is 5.92 Å². The maximum Gasteiger partial charge on any atom is 0.0576 e. The zero-order valence-electron chi connectivity index (χ0n) is 8.95. The molecule has 2 unspecified atom stereocenters. The molecule has 14 heavy (non-hydrogen) atoms. The summed E-state index contributed by atoms with van der Waals surface area (Å²) in [6.45, 7) is 0.954. The molecular weight excluding hydrogens is 176 g/mol. The monoisotopic (exact) mass is 198 g/mol. The third-order valence-electron chi connectivity index (χ3n) is 3.39. The molecule has 1 heterocycles. The van der Waals surface area contributed by atoms with Gasteiger partial charge in [0.2, 0.25) is 0 Å². The van der Waals surface area contributed by atoms with E-state index >= 15 is 0 Å². The number of ether oxygens (including phenoxy) is 1. The van der Waals surface area contributed by atoms with Crippen molar-refractivity contribution in [1.82, 2.24) is 0 Å². The topological polar surface area (TPSA) is 29.5 Å². The lowest BCUT2D eigenvalue weighted by Gasteiger charge is -2.12. The van der Waals surface area contributed by atoms with Gasteiger partial charge in [0.25, 0.3) is 0 Å². The molecule has 1 N–H and O–H groups in total. The minimum Gasteiger partial charge on any atom is -0.393 e. The second-order valence-electron chi connectivity index (χ2n) is 4.90. The van der Waals surface area contributed by atoms with Crippen molar-refractivity contribution in [2.24, 2.45) is 5.92 Å². The summed E-state index contributed by atoms with van der Waals surface area (Å²) in [4.78, 5) is 0. The summed E-state index contributed by atoms with van der Waals surface area (Å²) in [5.41, 5.74) is 0. The van der Waals surface area contributed by atoms with E-state index in [0.29, 0.717) is 6.10 Å². The lowest BCUT2D eigenvalue weighted by Crippen LogP contribution is -2.10. The minimum atomic E-state index is -0.0381. The van der Waals surface area contributed by atoms with Gasteiger partial charge in [0.15, 0.2) is 0 Å². The maximum atomic E-state index is 9.69. The largest absolute Gasteiger partial charge is 0.393 e. The van der Waals surface area contributed by atoms with E-state index in [2.05, 4.69) is 0 Å². The van der Waals surface area contributed by atoms with Gasteiger partial charge in [-0.15, -0.1) is 0 Å². The zero-order chi connectivity index (χ0) is 9.80. The van der Waals surface area contributed by atoms with E-state index in [-0.39, 0.29) is 6.10 Å². The quantitative estimate of drug-likeness (QED) is 0.710. The smallest absolute Gasteiger partial charge is 0.0576 e. The lowest BCUT2D eigenvalue weighted by atomic mass is 10.0. The van der Waals surface area contributed by atoms with Crippen LogP contribution in [0.5, 0.6) is 0 Å². The fourth-order valence-corrected chi connectivity index (χ4v) is 2.31. The molecule has 0 bridgehead atoms. The van der Waals surface area contributed by atoms with Gasteiger partial charge in [0.05, 0.1) is 12.2 Å². The molecule has 0 aromatic heterocycles. The standard InChI is InChI=1S/C12H22O2/c13-11(9-10-6-7-10)3-1-4-12-5-2-8-14-12/h10-13H,1-9H2. The fraction of sp³-hybridized carbons (Fsp3) is 1.00. The van der Waals surface area contributed by atoms with E-state index < -0.39 is 0 Å². The summed E-state index contributed by atoms with van der Waals surface area (Å²) in [6, 6.07) is 0. The number of hydrogen-bond acceptors (Lipinski definition) is 2. The third-order valence-corrected chi connectivity index (χ3v) is 3.39. The minimum absolute atomic E-state index is 0.0381. The van der Waals surface area contributed by atoms with Crippen LogP contribution in [0.4, 0.5) is 0 Å². The second kappa shape index (κ2) is 5.13. The highest BCUT2D eigenvalue weighted by Crippen LogP contribution is 2.34. The number of aliphatic hydroxyl groups is 1. The average Bonchev–Trinajstić information content (AvgIpc) is 2.82. The Hall–Kier alpha value is -0.0800. The van der Waals surface area contributed by atoms with Gasteiger partial charge in [-0.05, 0) is 44.4 Å². The van der Waals surface area contributed by atoms with E-state index in [1.165, 1.54) is 25.7 Å². The average molecular weight is 198 g/mol. The molecule has 0 amide bonds. The van der Waals surface area contributed by atoms with E-state index in [1.807, 2.05) is 0 Å². The van der Waals surface area contributed by atoms with Crippen LogP contribution in [-0.4, -0.2) is 23.9 Å². The van der Waals surface area contributed by atoms with Gasteiger partial charge in [0, 0.05) is 6.61 Å². The van der Waals surface area contributed by atoms with Gasteiger partial charge in [-0.2, -0.15) is 0 Å². The molecule has 0 aromatic carbocycles. The molecule has 2 heteroatoms. The van der Waals surface area contributed by atoms with Gasteiger partial charge in [-0.1, -0.05) is 12.8 Å². The lowest BCUT2D eigenvalue weighted by molar-refractivity contribution is 0.0923. The van der Waals surface area contributed by atoms with Crippen LogP contribution in [0.3, 0.4) is 0 Å². The van der Waals surface area contributed by atoms with Crippen molar-refractivity contribution >= 4 is 0 Å². The molecule has 82 valence electrons. The molecule has 2 rings (SSSR count). The molecule has 2 nitrogen and oxygen atoms in total. The molecule has 1 aliphatic carbocycles. The van der Waals surface area contributed by atoms with Crippen LogP contribution in [0.2, 0.25) is 0 Å². The van der Waals surface area contributed by atoms with Gasteiger partial charge >= 0.3 is 0 Å². The van der Waals surface area contributed by atoms with Gasteiger partial charge < -0.3 is 9.84 Å². The van der Waals surface area contributed by atoms with Crippen molar-refractivity contribution in [3.05, 3.63) is 0 Å². The van der Waals surface area contributed by atoms with Crippen molar-refractivity contribution in [2.45, 2.75) is 63.6 Å². The van der Waals surface area contributed by atoms with E-state index in [0.717, 1.165) is 38.2 Å². The SMILES string of the molecule is OC(CCCC1CCCO1)CC1CC1. The molecule has 1 saturated carbocycles. The Morgan fingerprint density at radius 2 is 2.14 bits per heavy atom. The van der Waals surface area contributed by atoms with Gasteiger partial charge in [0.1, 0.15) is 0 Å². The summed E-state index contributed by atoms with van der Waals surface area (Å²) in [5, 5.41) is 9.69. The Morgan fingerprint density at radius 3 is 2.79 bits per heavy atom. The number of aliphatic hydroxyl groups excluding tert-OH is 1. The van der Waals surface area contributed by atoms with Crippen LogP contribution in [0.1, 0.15) is 51.4 Å². The first-order chi connectivity index (χ1) is 6.84. The summed E-state index contributed by atoms with van der Waals surface area (Å²) < 4.78 is 5.55. The highest BCUT2D eigenvalue weighted by molar-refractivity contribution is 4.76. The summed E-state index contributed by atoms with van der Waals surface area (Å²) >= 11 is 0. The highest BCUT2D eigenvalue weighted by Gasteiger charge is 2.24. The Morgan fingerprint density at radius 1 is 1.29 bits per heavy atom. The van der Waals surface area contributed by atoms with Crippen molar-refractivity contribution in [1.29, 1.82) is 0 Å². The molecule has 0 radical (unpaired) electrons. The maximum absolute atomic E-state index is 9.69. The van der Waals surface area contributed by atoms with Gasteiger partial charge in [-0.25, -0.2) is 0 Å². The normalized spacial score (nSPS) is 29.4. The number of rotatable bonds is 6. The Bertz CT molecular complexity index is 160. The van der Waals surface area contributed by atoms with Crippen molar-refractivity contribution in [2.75, 3.05) is 6.61 Å². The fourth-order valence-electron chi connectivity index (χ4n) is 2.31. The number of hydrogen-bond donors (Lipinski definition) is 1. The first-order valence-electron chi connectivity index (χ1n) is 6.14. The molecule has 0 spiro atoms. The van der Waals surface area contributed by atoms with Crippen LogP contribution in [0.25, 0.3) is 0 Å². The van der Waals surface area contributed by atoms with Crippen LogP contribution in [0.15, 0.2) is 0 Å². The van der Waals surface area contributed by atoms with Crippen LogP contribution < -0.4 is 0 Å². The zero-order valence-corrected chi connectivity index (χ0v) is 8.95. The van der Waals surface area contributed by atoms with E-state index in [1.54, 1.807) is 0 Å². The predicted molar refractivity (Wildman–Crippen MR) is 56.2 cm³/mol. The Balaban J connectivity index is 1.48. The van der Waals surface area contributed by atoms with Crippen molar-refractivity contribution in [3.63, 3.8) is 0 Å². The predicted octanol–water partition coefficient (Wildman–Crippen LogP) is 2.50. The summed E-state index contributed by atoms with van der Waals surface area (Å²) in [7, 11) is 0. The van der Waals surface area contributed by atoms with Crippen molar-refractivity contribution in [3.8, 4) is 0 Å². The molecule has 2 atom stereocenters. The van der Waals surface area contributed by atoms with Crippen LogP contribution in [-0.2, 0) is 4.74 Å². The molecule has 2 aliphatic rings. The first-order valence-corrected chi connectivity index (χ1v) is 6.14. The summed E-state index contributed by atoms with van der Waals surface area (Å²) in [5.74, 6) is 0.854.